The number of aliphatic carboxylic acids is 1. The van der Waals surface area contributed by atoms with Crippen molar-refractivity contribution >= 4 is 11.8 Å². The fourth-order valence-electron chi connectivity index (χ4n) is 2.40. The Labute approximate surface area is 124 Å². The molecule has 0 bridgehead atoms. The van der Waals surface area contributed by atoms with Crippen LogP contribution in [0.15, 0.2) is 12.1 Å². The topological polar surface area (TPSA) is 63.6 Å². The minimum Gasteiger partial charge on any atom is -0.482 e. The number of ketones is 1. The van der Waals surface area contributed by atoms with Crippen molar-refractivity contribution in [3.05, 3.63) is 28.8 Å². The van der Waals surface area contributed by atoms with Crippen molar-refractivity contribution in [2.45, 2.75) is 39.0 Å². The molecule has 0 fully saturated rings. The Morgan fingerprint density at radius 2 is 2.14 bits per heavy atom. The average Bonchev–Trinajstić information content (AvgIpc) is 2.81. The van der Waals surface area contributed by atoms with Crippen LogP contribution in [0.4, 0.5) is 0 Å². The molecule has 4 nitrogen and oxygen atoms in total. The van der Waals surface area contributed by atoms with Crippen LogP contribution in [0.3, 0.4) is 0 Å². The van der Waals surface area contributed by atoms with Crippen molar-refractivity contribution in [1.82, 2.24) is 0 Å². The van der Waals surface area contributed by atoms with Crippen LogP contribution in [0.2, 0.25) is 0 Å². The standard InChI is InChI=1S/C17H18O4/c1-2-3-4-5-6-13-9-12-7-8-15(18)14(12)10-16(13)21-11-17(19)20/h9-10H,2,5-8,11H2,1H3,(H,19,20). The van der Waals surface area contributed by atoms with Crippen LogP contribution in [0.1, 0.15) is 47.7 Å². The van der Waals surface area contributed by atoms with Gasteiger partial charge in [-0.05, 0) is 30.0 Å². The maximum absolute atomic E-state index is 11.8. The maximum atomic E-state index is 11.8. The molecule has 0 aromatic heterocycles. The third kappa shape index (κ3) is 3.85. The van der Waals surface area contributed by atoms with E-state index in [0.717, 1.165) is 24.0 Å². The van der Waals surface area contributed by atoms with Gasteiger partial charge < -0.3 is 9.84 Å². The number of rotatable bonds is 5. The van der Waals surface area contributed by atoms with Crippen LogP contribution in [0.25, 0.3) is 0 Å². The van der Waals surface area contributed by atoms with Gasteiger partial charge in [-0.1, -0.05) is 13.0 Å². The highest BCUT2D eigenvalue weighted by molar-refractivity contribution is 6.00. The largest absolute Gasteiger partial charge is 0.482 e. The van der Waals surface area contributed by atoms with Gasteiger partial charge in [-0.15, -0.1) is 11.8 Å². The zero-order chi connectivity index (χ0) is 15.2. The predicted octanol–water partition coefficient (Wildman–Crippen LogP) is 2.62. The fourth-order valence-corrected chi connectivity index (χ4v) is 2.40. The van der Waals surface area contributed by atoms with E-state index in [-0.39, 0.29) is 5.78 Å². The summed E-state index contributed by atoms with van der Waals surface area (Å²) in [7, 11) is 0. The molecule has 0 heterocycles. The molecular formula is C17H18O4. The van der Waals surface area contributed by atoms with Gasteiger partial charge in [-0.2, -0.15) is 0 Å². The molecule has 0 unspecified atom stereocenters. The van der Waals surface area contributed by atoms with Crippen molar-refractivity contribution in [3.63, 3.8) is 0 Å². The first-order valence-electron chi connectivity index (χ1n) is 7.11. The van der Waals surface area contributed by atoms with Crippen LogP contribution < -0.4 is 4.74 Å². The Balaban J connectivity index is 2.23. The molecule has 0 spiro atoms. The molecule has 0 saturated carbocycles. The Morgan fingerprint density at radius 1 is 1.33 bits per heavy atom. The molecular weight excluding hydrogens is 268 g/mol. The molecule has 0 atom stereocenters. The number of carboxylic acids is 1. The molecule has 0 saturated heterocycles. The summed E-state index contributed by atoms with van der Waals surface area (Å²) < 4.78 is 5.33. The van der Waals surface area contributed by atoms with Crippen LogP contribution in [0.5, 0.6) is 5.75 Å². The highest BCUT2D eigenvalue weighted by Gasteiger charge is 2.22. The first kappa shape index (κ1) is 15.1. The minimum absolute atomic E-state index is 0.0995. The Bertz CT molecular complexity index is 620. The van der Waals surface area contributed by atoms with Crippen LogP contribution in [-0.4, -0.2) is 23.5 Å². The first-order valence-corrected chi connectivity index (χ1v) is 7.11. The number of Topliss-reactive ketones (excluding diaryl/α,β-unsaturated/α-hetero) is 1. The third-order valence-electron chi connectivity index (χ3n) is 3.38. The maximum Gasteiger partial charge on any atom is 0.341 e. The second-order valence-electron chi connectivity index (χ2n) is 4.93. The van der Waals surface area contributed by atoms with E-state index in [1.165, 1.54) is 0 Å². The summed E-state index contributed by atoms with van der Waals surface area (Å²) in [6, 6.07) is 3.65. The molecule has 1 aliphatic carbocycles. The van der Waals surface area contributed by atoms with Gasteiger partial charge >= 0.3 is 5.97 Å². The molecule has 2 rings (SSSR count). The van der Waals surface area contributed by atoms with E-state index in [1.807, 2.05) is 13.0 Å². The molecule has 1 aromatic carbocycles. The van der Waals surface area contributed by atoms with Crippen molar-refractivity contribution in [1.29, 1.82) is 0 Å². The number of benzene rings is 1. The summed E-state index contributed by atoms with van der Waals surface area (Å²) in [6.07, 6.45) is 3.49. The summed E-state index contributed by atoms with van der Waals surface area (Å²) >= 11 is 0. The highest BCUT2D eigenvalue weighted by Crippen LogP contribution is 2.30. The summed E-state index contributed by atoms with van der Waals surface area (Å²) in [6.45, 7) is 1.59. The molecule has 1 N–H and O–H groups in total. The lowest BCUT2D eigenvalue weighted by molar-refractivity contribution is -0.139. The van der Waals surface area contributed by atoms with E-state index in [2.05, 4.69) is 11.8 Å². The molecule has 0 amide bonds. The quantitative estimate of drug-likeness (QED) is 0.845. The summed E-state index contributed by atoms with van der Waals surface area (Å²) in [5.74, 6) is 5.63. The van der Waals surface area contributed by atoms with E-state index >= 15 is 0 Å². The number of carboxylic acid groups (broad SMARTS) is 1. The normalized spacial score (nSPS) is 12.5. The van der Waals surface area contributed by atoms with Crippen molar-refractivity contribution in [2.75, 3.05) is 6.61 Å². The number of fused-ring (bicyclic) bond motifs is 1. The van der Waals surface area contributed by atoms with Gasteiger partial charge in [0, 0.05) is 24.8 Å². The van der Waals surface area contributed by atoms with E-state index in [1.54, 1.807) is 6.07 Å². The monoisotopic (exact) mass is 286 g/mol. The number of carbonyl (C=O) groups is 2. The fraction of sp³-hybridized carbons (Fsp3) is 0.412. The molecule has 4 heteroatoms. The van der Waals surface area contributed by atoms with E-state index in [9.17, 15) is 9.59 Å². The van der Waals surface area contributed by atoms with Gasteiger partial charge in [-0.25, -0.2) is 4.79 Å². The van der Waals surface area contributed by atoms with Gasteiger partial charge in [-0.3, -0.25) is 4.79 Å². The SMILES string of the molecule is CCC#CCCc1cc2c(cc1OCC(=O)O)C(=O)CC2. The summed E-state index contributed by atoms with van der Waals surface area (Å²) in [4.78, 5) is 22.4. The smallest absolute Gasteiger partial charge is 0.341 e. The lowest BCUT2D eigenvalue weighted by Gasteiger charge is -2.11. The number of hydrogen-bond acceptors (Lipinski definition) is 3. The Hall–Kier alpha value is -2.28. The lowest BCUT2D eigenvalue weighted by atomic mass is 10.0. The number of ether oxygens (including phenoxy) is 1. The average molecular weight is 286 g/mol. The Morgan fingerprint density at radius 3 is 2.86 bits per heavy atom. The summed E-state index contributed by atoms with van der Waals surface area (Å²) in [5.41, 5.74) is 2.62. The van der Waals surface area contributed by atoms with Gasteiger partial charge in [0.05, 0.1) is 0 Å². The van der Waals surface area contributed by atoms with Crippen LogP contribution in [-0.2, 0) is 17.6 Å². The van der Waals surface area contributed by atoms with Gasteiger partial charge in [0.1, 0.15) is 5.75 Å². The number of hydrogen-bond donors (Lipinski definition) is 1. The lowest BCUT2D eigenvalue weighted by Crippen LogP contribution is -2.11. The van der Waals surface area contributed by atoms with Crippen LogP contribution in [0, 0.1) is 11.8 Å². The zero-order valence-corrected chi connectivity index (χ0v) is 12.1. The molecule has 0 radical (unpaired) electrons. The van der Waals surface area contributed by atoms with Gasteiger partial charge in [0.2, 0.25) is 0 Å². The minimum atomic E-state index is -1.03. The first-order chi connectivity index (χ1) is 10.1. The van der Waals surface area contributed by atoms with Crippen LogP contribution >= 0.6 is 0 Å². The van der Waals surface area contributed by atoms with E-state index < -0.39 is 12.6 Å². The summed E-state index contributed by atoms with van der Waals surface area (Å²) in [5, 5.41) is 8.74. The predicted molar refractivity (Wildman–Crippen MR) is 78.6 cm³/mol. The van der Waals surface area contributed by atoms with Gasteiger partial charge in [0.25, 0.3) is 0 Å². The number of aryl methyl sites for hydroxylation is 2. The molecule has 1 aromatic rings. The van der Waals surface area contributed by atoms with E-state index in [4.69, 9.17) is 9.84 Å². The second-order valence-corrected chi connectivity index (χ2v) is 4.93. The van der Waals surface area contributed by atoms with Crippen molar-refractivity contribution in [2.24, 2.45) is 0 Å². The zero-order valence-electron chi connectivity index (χ0n) is 12.1. The highest BCUT2D eigenvalue weighted by atomic mass is 16.5. The third-order valence-corrected chi connectivity index (χ3v) is 3.38. The molecule has 0 aliphatic heterocycles. The molecule has 110 valence electrons. The second kappa shape index (κ2) is 6.94. The van der Waals surface area contributed by atoms with Crippen molar-refractivity contribution < 1.29 is 19.4 Å². The Kier molecular flexibility index (Phi) is 4.99. The molecule has 1 aliphatic rings. The van der Waals surface area contributed by atoms with E-state index in [0.29, 0.717) is 30.6 Å². The molecule has 21 heavy (non-hydrogen) atoms. The number of carbonyl (C=O) groups excluding carboxylic acids is 1. The van der Waals surface area contributed by atoms with Gasteiger partial charge in [0.15, 0.2) is 12.4 Å². The van der Waals surface area contributed by atoms with Crippen molar-refractivity contribution in [3.8, 4) is 17.6 Å².